The van der Waals surface area contributed by atoms with Gasteiger partial charge in [0.15, 0.2) is 0 Å². The third-order valence-corrected chi connectivity index (χ3v) is 4.53. The molecule has 0 aromatic heterocycles. The number of alkyl halides is 1. The number of amides is 1. The summed E-state index contributed by atoms with van der Waals surface area (Å²) in [6.45, 7) is 3.14. The van der Waals surface area contributed by atoms with Crippen LogP contribution in [0.2, 0.25) is 0 Å². The Labute approximate surface area is 110 Å². The van der Waals surface area contributed by atoms with Gasteiger partial charge < -0.3 is 15.0 Å². The maximum absolute atomic E-state index is 14.2. The molecule has 2 saturated heterocycles. The monoisotopic (exact) mass is 268 g/mol. The Balaban J connectivity index is 1.88. The van der Waals surface area contributed by atoms with Crippen LogP contribution in [0.15, 0.2) is 11.3 Å². The van der Waals surface area contributed by atoms with Gasteiger partial charge in [-0.3, -0.25) is 4.79 Å². The number of piperidine rings is 1. The summed E-state index contributed by atoms with van der Waals surface area (Å²) in [5.74, 6) is -0.569. The summed E-state index contributed by atoms with van der Waals surface area (Å²) < 4.78 is 19.1. The Kier molecular flexibility index (Phi) is 2.85. The molecule has 0 bridgehead atoms. The molecule has 1 unspecified atom stereocenters. The van der Waals surface area contributed by atoms with Crippen LogP contribution in [0.4, 0.5) is 4.39 Å². The second-order valence-corrected chi connectivity index (χ2v) is 5.43. The fraction of sp³-hybridized carbons (Fsp3) is 0.692. The molecule has 2 atom stereocenters. The van der Waals surface area contributed by atoms with Gasteiger partial charge >= 0.3 is 5.97 Å². The lowest BCUT2D eigenvalue weighted by atomic mass is 9.76. The number of esters is 1. The zero-order chi connectivity index (χ0) is 13.6. The number of rotatable bonds is 1. The smallest absolute Gasteiger partial charge is 0.336 e. The van der Waals surface area contributed by atoms with Crippen molar-refractivity contribution in [1.29, 1.82) is 0 Å². The quantitative estimate of drug-likeness (QED) is 0.698. The van der Waals surface area contributed by atoms with E-state index in [0.717, 1.165) is 0 Å². The zero-order valence-electron chi connectivity index (χ0n) is 10.9. The van der Waals surface area contributed by atoms with E-state index in [1.54, 1.807) is 11.8 Å². The predicted molar refractivity (Wildman–Crippen MR) is 64.8 cm³/mol. The van der Waals surface area contributed by atoms with Gasteiger partial charge in [0.1, 0.15) is 12.8 Å². The van der Waals surface area contributed by atoms with Crippen molar-refractivity contribution in [2.24, 2.45) is 5.41 Å². The fourth-order valence-electron chi connectivity index (χ4n) is 3.21. The van der Waals surface area contributed by atoms with E-state index >= 15 is 0 Å². The normalized spacial score (nSPS) is 35.5. The van der Waals surface area contributed by atoms with Gasteiger partial charge in [-0.15, -0.1) is 0 Å². The molecule has 5 nitrogen and oxygen atoms in total. The molecule has 1 amide bonds. The maximum Gasteiger partial charge on any atom is 0.336 e. The Hall–Kier alpha value is -1.43. The average molecular weight is 268 g/mol. The van der Waals surface area contributed by atoms with Crippen molar-refractivity contribution >= 4 is 11.9 Å². The molecule has 6 heteroatoms. The Morgan fingerprint density at radius 1 is 1.42 bits per heavy atom. The van der Waals surface area contributed by atoms with Gasteiger partial charge in [0.25, 0.3) is 0 Å². The molecule has 2 fully saturated rings. The van der Waals surface area contributed by atoms with Crippen molar-refractivity contribution in [2.75, 3.05) is 26.2 Å². The minimum absolute atomic E-state index is 0.127. The highest BCUT2D eigenvalue weighted by Crippen LogP contribution is 2.43. The van der Waals surface area contributed by atoms with E-state index < -0.39 is 11.6 Å². The van der Waals surface area contributed by atoms with Gasteiger partial charge in [0, 0.05) is 13.1 Å². The van der Waals surface area contributed by atoms with Gasteiger partial charge in [-0.2, -0.15) is 0 Å². The highest BCUT2D eigenvalue weighted by atomic mass is 19.1. The summed E-state index contributed by atoms with van der Waals surface area (Å²) in [6.07, 6.45) is -0.123. The van der Waals surface area contributed by atoms with Gasteiger partial charge in [-0.25, -0.2) is 9.18 Å². The maximum atomic E-state index is 14.2. The zero-order valence-corrected chi connectivity index (χ0v) is 10.9. The molecule has 0 radical (unpaired) electrons. The van der Waals surface area contributed by atoms with E-state index in [4.69, 9.17) is 4.74 Å². The van der Waals surface area contributed by atoms with Gasteiger partial charge in [-0.1, -0.05) is 0 Å². The SMILES string of the molecule is CC1=C(N2CCC3(CCNC[C@H]3F)C2=O)COC1=O. The molecule has 19 heavy (non-hydrogen) atoms. The lowest BCUT2D eigenvalue weighted by Crippen LogP contribution is -2.51. The van der Waals surface area contributed by atoms with Crippen LogP contribution in [0.5, 0.6) is 0 Å². The molecule has 0 aromatic rings. The van der Waals surface area contributed by atoms with Crippen molar-refractivity contribution in [3.05, 3.63) is 11.3 Å². The summed E-state index contributed by atoms with van der Waals surface area (Å²) in [7, 11) is 0. The van der Waals surface area contributed by atoms with Crippen LogP contribution in [0.3, 0.4) is 0 Å². The summed E-state index contributed by atoms with van der Waals surface area (Å²) >= 11 is 0. The minimum atomic E-state index is -1.15. The largest absolute Gasteiger partial charge is 0.456 e. The Morgan fingerprint density at radius 2 is 2.21 bits per heavy atom. The van der Waals surface area contributed by atoms with Crippen molar-refractivity contribution < 1.29 is 18.7 Å². The number of hydrogen-bond donors (Lipinski definition) is 1. The summed E-state index contributed by atoms with van der Waals surface area (Å²) in [6, 6.07) is 0. The molecule has 3 heterocycles. The van der Waals surface area contributed by atoms with E-state index in [2.05, 4.69) is 5.32 Å². The molecule has 3 aliphatic heterocycles. The van der Waals surface area contributed by atoms with Crippen LogP contribution in [-0.2, 0) is 14.3 Å². The van der Waals surface area contributed by atoms with Crippen LogP contribution in [-0.4, -0.2) is 49.2 Å². The second-order valence-electron chi connectivity index (χ2n) is 5.43. The van der Waals surface area contributed by atoms with Gasteiger partial charge in [0.05, 0.1) is 16.7 Å². The molecule has 3 rings (SSSR count). The van der Waals surface area contributed by atoms with Crippen molar-refractivity contribution in [3.63, 3.8) is 0 Å². The first-order valence-electron chi connectivity index (χ1n) is 6.60. The predicted octanol–water partition coefficient (Wildman–Crippen LogP) is 0.367. The minimum Gasteiger partial charge on any atom is -0.456 e. The van der Waals surface area contributed by atoms with Crippen LogP contribution in [0.1, 0.15) is 19.8 Å². The number of nitrogens with one attached hydrogen (secondary N) is 1. The molecule has 1 N–H and O–H groups in total. The van der Waals surface area contributed by atoms with E-state index in [1.807, 2.05) is 0 Å². The molecule has 0 saturated carbocycles. The van der Waals surface area contributed by atoms with Crippen LogP contribution >= 0.6 is 0 Å². The van der Waals surface area contributed by atoms with Crippen molar-refractivity contribution in [3.8, 4) is 0 Å². The highest BCUT2D eigenvalue weighted by Gasteiger charge is 2.54. The van der Waals surface area contributed by atoms with Crippen LogP contribution in [0, 0.1) is 5.41 Å². The van der Waals surface area contributed by atoms with Crippen LogP contribution in [0.25, 0.3) is 0 Å². The number of cyclic esters (lactones) is 1. The van der Waals surface area contributed by atoms with E-state index in [9.17, 15) is 14.0 Å². The van der Waals surface area contributed by atoms with E-state index in [0.29, 0.717) is 37.2 Å². The standard InChI is InChI=1S/C13H17FN2O3/c1-8-9(7-19-11(8)17)16-5-3-13(12(16)18)2-4-15-6-10(13)14/h10,15H,2-7H2,1H3/t10-,13?/m1/s1. The molecule has 104 valence electrons. The van der Waals surface area contributed by atoms with Gasteiger partial charge in [0.2, 0.25) is 5.91 Å². The van der Waals surface area contributed by atoms with E-state index in [-0.39, 0.29) is 25.0 Å². The number of carbonyl (C=O) groups is 2. The first-order chi connectivity index (χ1) is 9.06. The van der Waals surface area contributed by atoms with Crippen LogP contribution < -0.4 is 5.32 Å². The lowest BCUT2D eigenvalue weighted by Gasteiger charge is -2.35. The summed E-state index contributed by atoms with van der Waals surface area (Å²) in [5, 5.41) is 2.97. The Morgan fingerprint density at radius 3 is 2.84 bits per heavy atom. The summed E-state index contributed by atoms with van der Waals surface area (Å²) in [4.78, 5) is 25.5. The first-order valence-corrected chi connectivity index (χ1v) is 6.60. The first kappa shape index (κ1) is 12.6. The molecule has 3 aliphatic rings. The number of likely N-dealkylation sites (tertiary alicyclic amines) is 1. The lowest BCUT2D eigenvalue weighted by molar-refractivity contribution is -0.140. The molecular weight excluding hydrogens is 251 g/mol. The van der Waals surface area contributed by atoms with E-state index in [1.165, 1.54) is 0 Å². The number of carbonyl (C=O) groups excluding carboxylic acids is 2. The Bertz CT molecular complexity index is 477. The third kappa shape index (κ3) is 1.69. The highest BCUT2D eigenvalue weighted by molar-refractivity contribution is 5.94. The molecule has 0 aliphatic carbocycles. The number of nitrogens with zero attached hydrogens (tertiary/aromatic N) is 1. The third-order valence-electron chi connectivity index (χ3n) is 4.53. The van der Waals surface area contributed by atoms with Gasteiger partial charge in [-0.05, 0) is 26.3 Å². The van der Waals surface area contributed by atoms with Crippen molar-refractivity contribution in [2.45, 2.75) is 25.9 Å². The number of halogens is 1. The second kappa shape index (κ2) is 4.30. The van der Waals surface area contributed by atoms with Crippen molar-refractivity contribution in [1.82, 2.24) is 10.2 Å². The number of hydrogen-bond acceptors (Lipinski definition) is 4. The average Bonchev–Trinajstić information content (AvgIpc) is 2.88. The molecule has 1 spiro atoms. The molecule has 0 aromatic carbocycles. The number of ether oxygens (including phenoxy) is 1. The molecular formula is C13H17FN2O3. The summed E-state index contributed by atoms with van der Waals surface area (Å²) in [5.41, 5.74) is 0.178. The topological polar surface area (TPSA) is 58.6 Å². The fourth-order valence-corrected chi connectivity index (χ4v) is 3.21.